The second-order valence-electron chi connectivity index (χ2n) is 2.12. The first kappa shape index (κ1) is 8.45. The highest BCUT2D eigenvalue weighted by Gasteiger charge is 2.03. The van der Waals surface area contributed by atoms with Crippen molar-refractivity contribution in [1.29, 1.82) is 0 Å². The molecule has 1 N–H and O–H groups in total. The van der Waals surface area contributed by atoms with Crippen molar-refractivity contribution in [3.63, 3.8) is 0 Å². The summed E-state index contributed by atoms with van der Waals surface area (Å²) < 4.78 is 4.91. The number of amides is 1. The minimum absolute atomic E-state index is 0.121. The number of aromatic nitrogens is 2. The van der Waals surface area contributed by atoms with Gasteiger partial charge in [0.05, 0.1) is 0 Å². The SMILES string of the molecule is C/C=C/C(=O)Nc1nnc(C)o1. The Morgan fingerprint density at radius 2 is 2.33 bits per heavy atom. The maximum absolute atomic E-state index is 10.9. The zero-order chi connectivity index (χ0) is 8.97. The van der Waals surface area contributed by atoms with Gasteiger partial charge in [-0.3, -0.25) is 10.1 Å². The number of hydrogen-bond acceptors (Lipinski definition) is 4. The van der Waals surface area contributed by atoms with Crippen molar-refractivity contribution < 1.29 is 9.21 Å². The Kier molecular flexibility index (Phi) is 2.57. The summed E-state index contributed by atoms with van der Waals surface area (Å²) in [5, 5.41) is 9.53. The summed E-state index contributed by atoms with van der Waals surface area (Å²) in [4.78, 5) is 10.9. The molecule has 0 spiro atoms. The number of carbonyl (C=O) groups excluding carboxylic acids is 1. The van der Waals surface area contributed by atoms with Crippen molar-refractivity contribution in [2.75, 3.05) is 5.32 Å². The van der Waals surface area contributed by atoms with Crippen LogP contribution < -0.4 is 5.32 Å². The lowest BCUT2D eigenvalue weighted by atomic mass is 10.5. The van der Waals surface area contributed by atoms with Gasteiger partial charge in [-0.2, -0.15) is 0 Å². The van der Waals surface area contributed by atoms with Gasteiger partial charge in [-0.05, 0) is 13.0 Å². The third-order valence-electron chi connectivity index (χ3n) is 1.07. The predicted octanol–water partition coefficient (Wildman–Crippen LogP) is 0.893. The van der Waals surface area contributed by atoms with Gasteiger partial charge in [0, 0.05) is 6.92 Å². The molecule has 1 rings (SSSR count). The fourth-order valence-electron chi connectivity index (χ4n) is 0.646. The molecule has 0 unspecified atom stereocenters. The molecule has 64 valence electrons. The smallest absolute Gasteiger partial charge is 0.322 e. The number of hydrogen-bond donors (Lipinski definition) is 1. The zero-order valence-electron chi connectivity index (χ0n) is 6.87. The standard InChI is InChI=1S/C7H9N3O2/c1-3-4-6(11)8-7-10-9-5(2)12-7/h3-4H,1-2H3,(H,8,10,11)/b4-3+. The van der Waals surface area contributed by atoms with Crippen molar-refractivity contribution in [2.24, 2.45) is 0 Å². The summed E-state index contributed by atoms with van der Waals surface area (Å²) in [7, 11) is 0. The van der Waals surface area contributed by atoms with E-state index in [1.165, 1.54) is 6.08 Å². The molecule has 0 aliphatic rings. The molecule has 0 aromatic carbocycles. The Morgan fingerprint density at radius 3 is 2.83 bits per heavy atom. The number of nitrogens with zero attached hydrogens (tertiary/aromatic N) is 2. The summed E-state index contributed by atoms with van der Waals surface area (Å²) in [6, 6.07) is 0.121. The van der Waals surface area contributed by atoms with E-state index >= 15 is 0 Å². The van der Waals surface area contributed by atoms with E-state index < -0.39 is 0 Å². The maximum Gasteiger partial charge on any atom is 0.322 e. The van der Waals surface area contributed by atoms with Crippen molar-refractivity contribution >= 4 is 11.9 Å². The van der Waals surface area contributed by atoms with Gasteiger partial charge in [-0.25, -0.2) is 0 Å². The molecule has 1 heterocycles. The molecule has 12 heavy (non-hydrogen) atoms. The van der Waals surface area contributed by atoms with E-state index in [1.807, 2.05) is 0 Å². The Labute approximate surface area is 69.5 Å². The van der Waals surface area contributed by atoms with Gasteiger partial charge < -0.3 is 4.42 Å². The van der Waals surface area contributed by atoms with E-state index in [-0.39, 0.29) is 11.9 Å². The zero-order valence-corrected chi connectivity index (χ0v) is 6.87. The highest BCUT2D eigenvalue weighted by molar-refractivity contribution is 5.97. The largest absolute Gasteiger partial charge is 0.408 e. The molecule has 5 nitrogen and oxygen atoms in total. The maximum atomic E-state index is 10.9. The van der Waals surface area contributed by atoms with Gasteiger partial charge >= 0.3 is 6.01 Å². The van der Waals surface area contributed by atoms with Gasteiger partial charge in [0.1, 0.15) is 0 Å². The van der Waals surface area contributed by atoms with E-state index in [9.17, 15) is 4.79 Å². The van der Waals surface area contributed by atoms with Crippen LogP contribution in [0.3, 0.4) is 0 Å². The van der Waals surface area contributed by atoms with Gasteiger partial charge in [0.2, 0.25) is 5.89 Å². The number of rotatable bonds is 2. The fourth-order valence-corrected chi connectivity index (χ4v) is 0.646. The van der Waals surface area contributed by atoms with Crippen LogP contribution in [-0.2, 0) is 4.79 Å². The molecule has 0 aliphatic carbocycles. The van der Waals surface area contributed by atoms with Crippen LogP contribution in [0.25, 0.3) is 0 Å². The van der Waals surface area contributed by atoms with Crippen LogP contribution in [0.2, 0.25) is 0 Å². The number of aryl methyl sites for hydroxylation is 1. The summed E-state index contributed by atoms with van der Waals surface area (Å²) in [5.41, 5.74) is 0. The molecular weight excluding hydrogens is 158 g/mol. The molecule has 1 amide bonds. The van der Waals surface area contributed by atoms with E-state index in [1.54, 1.807) is 19.9 Å². The topological polar surface area (TPSA) is 68.0 Å². The van der Waals surface area contributed by atoms with Gasteiger partial charge in [0.25, 0.3) is 5.91 Å². The first-order chi connectivity index (χ1) is 5.72. The van der Waals surface area contributed by atoms with Crippen LogP contribution in [0.5, 0.6) is 0 Å². The van der Waals surface area contributed by atoms with Crippen molar-refractivity contribution in [3.05, 3.63) is 18.0 Å². The minimum atomic E-state index is -0.277. The highest BCUT2D eigenvalue weighted by atomic mass is 16.4. The summed E-state index contributed by atoms with van der Waals surface area (Å²) >= 11 is 0. The van der Waals surface area contributed by atoms with E-state index in [4.69, 9.17) is 4.42 Å². The lowest BCUT2D eigenvalue weighted by Gasteiger charge is -1.91. The van der Waals surface area contributed by atoms with Crippen molar-refractivity contribution in [3.8, 4) is 0 Å². The molecule has 0 fully saturated rings. The second kappa shape index (κ2) is 3.66. The third kappa shape index (κ3) is 2.19. The van der Waals surface area contributed by atoms with E-state index in [2.05, 4.69) is 15.5 Å². The van der Waals surface area contributed by atoms with Crippen LogP contribution in [0.15, 0.2) is 16.6 Å². The fraction of sp³-hybridized carbons (Fsp3) is 0.286. The van der Waals surface area contributed by atoms with Crippen LogP contribution in [0, 0.1) is 6.92 Å². The lowest BCUT2D eigenvalue weighted by Crippen LogP contribution is -2.07. The van der Waals surface area contributed by atoms with Crippen LogP contribution in [0.1, 0.15) is 12.8 Å². The highest BCUT2D eigenvalue weighted by Crippen LogP contribution is 2.02. The van der Waals surface area contributed by atoms with Gasteiger partial charge in [0.15, 0.2) is 0 Å². The molecule has 1 aromatic rings. The van der Waals surface area contributed by atoms with Crippen molar-refractivity contribution in [2.45, 2.75) is 13.8 Å². The Hall–Kier alpha value is -1.65. The van der Waals surface area contributed by atoms with Crippen LogP contribution in [-0.4, -0.2) is 16.1 Å². The monoisotopic (exact) mass is 167 g/mol. The molecule has 0 atom stereocenters. The lowest BCUT2D eigenvalue weighted by molar-refractivity contribution is -0.112. The van der Waals surface area contributed by atoms with E-state index in [0.29, 0.717) is 5.89 Å². The molecule has 0 bridgehead atoms. The molecular formula is C7H9N3O2. The molecule has 1 aromatic heterocycles. The normalized spacial score (nSPS) is 10.5. The predicted molar refractivity (Wildman–Crippen MR) is 42.5 cm³/mol. The Balaban J connectivity index is 2.58. The average Bonchev–Trinajstić information content (AvgIpc) is 2.36. The molecule has 5 heteroatoms. The van der Waals surface area contributed by atoms with Crippen LogP contribution >= 0.6 is 0 Å². The van der Waals surface area contributed by atoms with Crippen LogP contribution in [0.4, 0.5) is 6.01 Å². The van der Waals surface area contributed by atoms with E-state index in [0.717, 1.165) is 0 Å². The summed E-state index contributed by atoms with van der Waals surface area (Å²) in [6.07, 6.45) is 3.00. The second-order valence-corrected chi connectivity index (χ2v) is 2.12. The quantitative estimate of drug-likeness (QED) is 0.664. The average molecular weight is 167 g/mol. The number of nitrogens with one attached hydrogen (secondary N) is 1. The Bertz CT molecular complexity index is 303. The first-order valence-corrected chi connectivity index (χ1v) is 3.46. The first-order valence-electron chi connectivity index (χ1n) is 3.46. The summed E-state index contributed by atoms with van der Waals surface area (Å²) in [5.74, 6) is 0.145. The summed E-state index contributed by atoms with van der Waals surface area (Å²) in [6.45, 7) is 3.40. The van der Waals surface area contributed by atoms with Gasteiger partial charge in [-0.1, -0.05) is 11.2 Å². The number of carbonyl (C=O) groups is 1. The molecule has 0 aliphatic heterocycles. The third-order valence-corrected chi connectivity index (χ3v) is 1.07. The van der Waals surface area contributed by atoms with Gasteiger partial charge in [-0.15, -0.1) is 5.10 Å². The molecule has 0 radical (unpaired) electrons. The minimum Gasteiger partial charge on any atom is -0.408 e. The number of anilines is 1. The number of allylic oxidation sites excluding steroid dienone is 1. The molecule has 0 saturated carbocycles. The Morgan fingerprint density at radius 1 is 1.58 bits per heavy atom. The van der Waals surface area contributed by atoms with Crippen molar-refractivity contribution in [1.82, 2.24) is 10.2 Å². The molecule has 0 saturated heterocycles.